The summed E-state index contributed by atoms with van der Waals surface area (Å²) in [5.41, 5.74) is 1.91. The Balaban J connectivity index is 1.52. The Hall–Kier alpha value is -4.00. The fraction of sp³-hybridized carbons (Fsp3) is 0.125. The quantitative estimate of drug-likeness (QED) is 0.535. The van der Waals surface area contributed by atoms with Crippen LogP contribution in [0.2, 0.25) is 0 Å². The minimum absolute atomic E-state index is 0.161. The molecule has 0 aromatic heterocycles. The molecular formula is C24H21FN2O4. The van der Waals surface area contributed by atoms with Gasteiger partial charge in [0.1, 0.15) is 5.82 Å². The highest BCUT2D eigenvalue weighted by atomic mass is 19.1. The van der Waals surface area contributed by atoms with E-state index in [9.17, 15) is 18.8 Å². The van der Waals surface area contributed by atoms with E-state index in [1.807, 2.05) is 30.3 Å². The van der Waals surface area contributed by atoms with E-state index in [-0.39, 0.29) is 17.7 Å². The van der Waals surface area contributed by atoms with Gasteiger partial charge in [-0.05, 0) is 48.4 Å². The summed E-state index contributed by atoms with van der Waals surface area (Å²) in [6, 6.07) is 21.2. The largest absolute Gasteiger partial charge is 0.456 e. The number of hydrogen-bond donors (Lipinski definition) is 2. The fourth-order valence-electron chi connectivity index (χ4n) is 2.82. The molecule has 0 unspecified atom stereocenters. The summed E-state index contributed by atoms with van der Waals surface area (Å²) in [4.78, 5) is 36.6. The van der Waals surface area contributed by atoms with E-state index in [0.29, 0.717) is 12.1 Å². The van der Waals surface area contributed by atoms with Crippen LogP contribution in [0, 0.1) is 5.82 Å². The number of nitrogens with one attached hydrogen (secondary N) is 2. The van der Waals surface area contributed by atoms with E-state index in [4.69, 9.17) is 4.74 Å². The number of amides is 2. The smallest absolute Gasteiger partial charge is 0.306 e. The van der Waals surface area contributed by atoms with Crippen molar-refractivity contribution in [2.24, 2.45) is 0 Å². The van der Waals surface area contributed by atoms with Gasteiger partial charge in [-0.2, -0.15) is 0 Å². The second-order valence-corrected chi connectivity index (χ2v) is 6.70. The normalized spacial score (nSPS) is 10.2. The molecule has 2 N–H and O–H groups in total. The van der Waals surface area contributed by atoms with Crippen molar-refractivity contribution < 1.29 is 23.5 Å². The van der Waals surface area contributed by atoms with Crippen molar-refractivity contribution in [3.8, 4) is 0 Å². The molecule has 31 heavy (non-hydrogen) atoms. The Morgan fingerprint density at radius 1 is 0.806 bits per heavy atom. The van der Waals surface area contributed by atoms with Crippen molar-refractivity contribution in [1.29, 1.82) is 0 Å². The molecule has 0 saturated carbocycles. The van der Waals surface area contributed by atoms with Gasteiger partial charge in [-0.3, -0.25) is 14.4 Å². The third kappa shape index (κ3) is 6.78. The molecule has 0 aliphatic heterocycles. The summed E-state index contributed by atoms with van der Waals surface area (Å²) in [5, 5.41) is 5.22. The number of anilines is 2. The maximum atomic E-state index is 13.0. The number of ether oxygens (including phenoxy) is 1. The Morgan fingerprint density at radius 3 is 2.23 bits per heavy atom. The summed E-state index contributed by atoms with van der Waals surface area (Å²) >= 11 is 0. The average molecular weight is 420 g/mol. The van der Waals surface area contributed by atoms with Crippen LogP contribution < -0.4 is 10.6 Å². The summed E-state index contributed by atoms with van der Waals surface area (Å²) in [6.07, 6.45) is 0.682. The van der Waals surface area contributed by atoms with Crippen LogP contribution in [-0.2, 0) is 20.7 Å². The van der Waals surface area contributed by atoms with Gasteiger partial charge in [-0.15, -0.1) is 0 Å². The molecule has 0 aliphatic rings. The minimum atomic E-state index is -0.560. The minimum Gasteiger partial charge on any atom is -0.456 e. The zero-order valence-corrected chi connectivity index (χ0v) is 16.6. The number of benzene rings is 3. The van der Waals surface area contributed by atoms with E-state index >= 15 is 0 Å². The molecule has 158 valence electrons. The first-order chi connectivity index (χ1) is 15.0. The highest BCUT2D eigenvalue weighted by Crippen LogP contribution is 2.18. The second-order valence-electron chi connectivity index (χ2n) is 6.70. The Bertz CT molecular complexity index is 1050. The number of esters is 1. The molecule has 2 amide bonds. The van der Waals surface area contributed by atoms with E-state index in [2.05, 4.69) is 10.6 Å². The van der Waals surface area contributed by atoms with Crippen molar-refractivity contribution >= 4 is 29.2 Å². The van der Waals surface area contributed by atoms with E-state index in [0.717, 1.165) is 5.56 Å². The fourth-order valence-corrected chi connectivity index (χ4v) is 2.82. The first-order valence-electron chi connectivity index (χ1n) is 9.66. The number of halogens is 1. The number of para-hydroxylation sites is 1. The molecule has 0 atom stereocenters. The van der Waals surface area contributed by atoms with Crippen molar-refractivity contribution in [3.05, 3.63) is 95.8 Å². The van der Waals surface area contributed by atoms with Gasteiger partial charge in [0.15, 0.2) is 6.61 Å². The molecule has 0 aliphatic carbocycles. The Labute approximate surface area is 179 Å². The summed E-state index contributed by atoms with van der Waals surface area (Å²) < 4.78 is 18.0. The maximum absolute atomic E-state index is 13.0. The number of hydrogen-bond acceptors (Lipinski definition) is 4. The van der Waals surface area contributed by atoms with Crippen LogP contribution in [0.15, 0.2) is 78.9 Å². The summed E-state index contributed by atoms with van der Waals surface area (Å²) in [6.45, 7) is -0.457. The van der Waals surface area contributed by atoms with Gasteiger partial charge in [0.05, 0.1) is 11.3 Å². The van der Waals surface area contributed by atoms with Crippen molar-refractivity contribution in [1.82, 2.24) is 0 Å². The zero-order valence-electron chi connectivity index (χ0n) is 16.6. The Morgan fingerprint density at radius 2 is 1.48 bits per heavy atom. The van der Waals surface area contributed by atoms with Gasteiger partial charge in [0.25, 0.3) is 11.8 Å². The van der Waals surface area contributed by atoms with Gasteiger partial charge in [-0.1, -0.05) is 42.5 Å². The van der Waals surface area contributed by atoms with Gasteiger partial charge in [0, 0.05) is 12.1 Å². The first kappa shape index (κ1) is 21.7. The van der Waals surface area contributed by atoms with Crippen LogP contribution >= 0.6 is 0 Å². The van der Waals surface area contributed by atoms with Crippen LogP contribution in [0.3, 0.4) is 0 Å². The molecule has 0 fully saturated rings. The molecule has 0 saturated heterocycles. The molecule has 3 aromatic carbocycles. The van der Waals surface area contributed by atoms with E-state index in [1.165, 1.54) is 24.3 Å². The zero-order chi connectivity index (χ0) is 22.1. The van der Waals surface area contributed by atoms with Crippen molar-refractivity contribution in [2.75, 3.05) is 17.2 Å². The monoisotopic (exact) mass is 420 g/mol. The van der Waals surface area contributed by atoms with Gasteiger partial charge >= 0.3 is 5.97 Å². The lowest BCUT2D eigenvalue weighted by molar-refractivity contribution is -0.147. The molecule has 6 nitrogen and oxygen atoms in total. The topological polar surface area (TPSA) is 84.5 Å². The third-order valence-corrected chi connectivity index (χ3v) is 4.37. The van der Waals surface area contributed by atoms with Crippen LogP contribution in [0.5, 0.6) is 0 Å². The van der Waals surface area contributed by atoms with Crippen molar-refractivity contribution in [2.45, 2.75) is 12.8 Å². The maximum Gasteiger partial charge on any atom is 0.306 e. The highest BCUT2D eigenvalue weighted by molar-refractivity contribution is 6.10. The molecule has 0 spiro atoms. The molecular weight excluding hydrogens is 399 g/mol. The Kier molecular flexibility index (Phi) is 7.48. The molecule has 7 heteroatoms. The van der Waals surface area contributed by atoms with Crippen molar-refractivity contribution in [3.63, 3.8) is 0 Å². The van der Waals surface area contributed by atoms with Crippen LogP contribution in [0.1, 0.15) is 22.3 Å². The summed E-state index contributed by atoms with van der Waals surface area (Å²) in [5.74, 6) is -1.93. The van der Waals surface area contributed by atoms with E-state index < -0.39 is 30.2 Å². The number of carbonyl (C=O) groups is 3. The second kappa shape index (κ2) is 10.7. The first-order valence-corrected chi connectivity index (χ1v) is 9.66. The van der Waals surface area contributed by atoms with Crippen LogP contribution in [0.25, 0.3) is 0 Å². The molecule has 3 rings (SSSR count). The number of rotatable bonds is 8. The predicted molar refractivity (Wildman–Crippen MR) is 115 cm³/mol. The lowest BCUT2D eigenvalue weighted by Gasteiger charge is -2.12. The summed E-state index contributed by atoms with van der Waals surface area (Å²) in [7, 11) is 0. The SMILES string of the molecule is O=C(COC(=O)CCc1ccccc1)Nc1ccccc1C(=O)Nc1ccc(F)cc1. The van der Waals surface area contributed by atoms with Gasteiger partial charge in [-0.25, -0.2) is 4.39 Å². The molecule has 0 bridgehead atoms. The standard InChI is InChI=1S/C24H21FN2O4/c25-18-11-13-19(14-12-18)26-24(30)20-8-4-5-9-21(20)27-22(28)16-31-23(29)15-10-17-6-2-1-3-7-17/h1-9,11-14H,10,15-16H2,(H,26,30)(H,27,28). The van der Waals surface area contributed by atoms with Crippen LogP contribution in [0.4, 0.5) is 15.8 Å². The third-order valence-electron chi connectivity index (χ3n) is 4.37. The number of aryl methyl sites for hydroxylation is 1. The van der Waals surface area contributed by atoms with Gasteiger partial charge in [0.2, 0.25) is 0 Å². The lowest BCUT2D eigenvalue weighted by Crippen LogP contribution is -2.23. The highest BCUT2D eigenvalue weighted by Gasteiger charge is 2.14. The number of carbonyl (C=O) groups excluding carboxylic acids is 3. The lowest BCUT2D eigenvalue weighted by atomic mass is 10.1. The van der Waals surface area contributed by atoms with Gasteiger partial charge < -0.3 is 15.4 Å². The van der Waals surface area contributed by atoms with Crippen LogP contribution in [-0.4, -0.2) is 24.4 Å². The molecule has 3 aromatic rings. The van der Waals surface area contributed by atoms with E-state index in [1.54, 1.807) is 24.3 Å². The average Bonchev–Trinajstić information content (AvgIpc) is 2.79. The predicted octanol–water partition coefficient (Wildman–Crippen LogP) is 4.19. The molecule has 0 heterocycles. The molecule has 0 radical (unpaired) electrons.